The van der Waals surface area contributed by atoms with Gasteiger partial charge in [-0.1, -0.05) is 42.5 Å². The SMILES string of the molecule is COC(=O)COc1cccc(NC(=O)c2ccccc2-c2ccccc2C(=O)O)c1. The average molecular weight is 405 g/mol. The van der Waals surface area contributed by atoms with Crippen LogP contribution in [0.15, 0.2) is 72.8 Å². The summed E-state index contributed by atoms with van der Waals surface area (Å²) < 4.78 is 9.86. The van der Waals surface area contributed by atoms with E-state index in [-0.39, 0.29) is 12.2 Å². The van der Waals surface area contributed by atoms with Crippen LogP contribution in [0.3, 0.4) is 0 Å². The first-order valence-electron chi connectivity index (χ1n) is 9.02. The van der Waals surface area contributed by atoms with Crippen molar-refractivity contribution < 1.29 is 29.0 Å². The molecule has 3 rings (SSSR count). The number of ether oxygens (including phenoxy) is 2. The van der Waals surface area contributed by atoms with Gasteiger partial charge >= 0.3 is 11.9 Å². The minimum atomic E-state index is -1.07. The maximum atomic E-state index is 12.9. The molecule has 152 valence electrons. The maximum absolute atomic E-state index is 12.9. The molecule has 0 aliphatic rings. The molecule has 0 radical (unpaired) electrons. The number of hydrogen-bond acceptors (Lipinski definition) is 5. The summed E-state index contributed by atoms with van der Waals surface area (Å²) in [5.41, 5.74) is 1.85. The highest BCUT2D eigenvalue weighted by atomic mass is 16.6. The maximum Gasteiger partial charge on any atom is 0.343 e. The molecular formula is C23H19NO6. The number of carbonyl (C=O) groups excluding carboxylic acids is 2. The summed E-state index contributed by atoms with van der Waals surface area (Å²) in [5.74, 6) is -1.61. The third kappa shape index (κ3) is 4.82. The fraction of sp³-hybridized carbons (Fsp3) is 0.0870. The Labute approximate surface area is 172 Å². The number of carboxylic acids is 1. The van der Waals surface area contributed by atoms with E-state index in [1.807, 2.05) is 0 Å². The second-order valence-electron chi connectivity index (χ2n) is 6.24. The molecule has 0 aliphatic heterocycles. The van der Waals surface area contributed by atoms with Crippen LogP contribution in [0.25, 0.3) is 11.1 Å². The van der Waals surface area contributed by atoms with Gasteiger partial charge in [-0.2, -0.15) is 0 Å². The van der Waals surface area contributed by atoms with Crippen LogP contribution in [0.2, 0.25) is 0 Å². The van der Waals surface area contributed by atoms with Gasteiger partial charge in [-0.05, 0) is 35.4 Å². The van der Waals surface area contributed by atoms with E-state index in [0.29, 0.717) is 28.1 Å². The van der Waals surface area contributed by atoms with Gasteiger partial charge < -0.3 is 19.9 Å². The molecule has 2 N–H and O–H groups in total. The lowest BCUT2D eigenvalue weighted by Crippen LogP contribution is -2.14. The van der Waals surface area contributed by atoms with Crippen LogP contribution in [0.1, 0.15) is 20.7 Å². The van der Waals surface area contributed by atoms with Gasteiger partial charge in [-0.3, -0.25) is 4.79 Å². The molecular weight excluding hydrogens is 386 g/mol. The van der Waals surface area contributed by atoms with Crippen LogP contribution in [0.4, 0.5) is 5.69 Å². The summed E-state index contributed by atoms with van der Waals surface area (Å²) in [7, 11) is 1.27. The Bertz CT molecular complexity index is 1090. The van der Waals surface area contributed by atoms with Gasteiger partial charge in [-0.25, -0.2) is 9.59 Å². The molecule has 1 amide bonds. The Hall–Kier alpha value is -4.13. The highest BCUT2D eigenvalue weighted by Crippen LogP contribution is 2.28. The summed E-state index contributed by atoms with van der Waals surface area (Å²) in [6.07, 6.45) is 0. The van der Waals surface area contributed by atoms with Crippen LogP contribution < -0.4 is 10.1 Å². The van der Waals surface area contributed by atoms with Crippen molar-refractivity contribution in [1.82, 2.24) is 0 Å². The third-order valence-electron chi connectivity index (χ3n) is 4.30. The van der Waals surface area contributed by atoms with Crippen molar-refractivity contribution in [2.75, 3.05) is 19.0 Å². The lowest BCUT2D eigenvalue weighted by Gasteiger charge is -2.13. The van der Waals surface area contributed by atoms with Crippen molar-refractivity contribution in [3.8, 4) is 16.9 Å². The van der Waals surface area contributed by atoms with Crippen molar-refractivity contribution >= 4 is 23.5 Å². The molecule has 0 aromatic heterocycles. The second-order valence-corrected chi connectivity index (χ2v) is 6.24. The molecule has 0 heterocycles. The zero-order valence-corrected chi connectivity index (χ0v) is 16.1. The lowest BCUT2D eigenvalue weighted by molar-refractivity contribution is -0.142. The summed E-state index contributed by atoms with van der Waals surface area (Å²) in [4.78, 5) is 35.7. The Kier molecular flexibility index (Phi) is 6.44. The fourth-order valence-corrected chi connectivity index (χ4v) is 2.88. The van der Waals surface area contributed by atoms with Crippen molar-refractivity contribution in [2.24, 2.45) is 0 Å². The number of nitrogens with one attached hydrogen (secondary N) is 1. The smallest absolute Gasteiger partial charge is 0.343 e. The van der Waals surface area contributed by atoms with Crippen molar-refractivity contribution in [2.45, 2.75) is 0 Å². The molecule has 3 aromatic carbocycles. The first-order chi connectivity index (χ1) is 14.5. The number of amides is 1. The van der Waals surface area contributed by atoms with Crippen LogP contribution in [0.5, 0.6) is 5.75 Å². The van der Waals surface area contributed by atoms with Crippen LogP contribution >= 0.6 is 0 Å². The topological polar surface area (TPSA) is 102 Å². The Balaban J connectivity index is 1.86. The number of methoxy groups -OCH3 is 1. The van der Waals surface area contributed by atoms with E-state index < -0.39 is 17.8 Å². The van der Waals surface area contributed by atoms with Crippen molar-refractivity contribution in [3.05, 3.63) is 83.9 Å². The molecule has 0 fully saturated rings. The molecule has 0 bridgehead atoms. The van der Waals surface area contributed by atoms with Crippen LogP contribution in [0, 0.1) is 0 Å². The first-order valence-corrected chi connectivity index (χ1v) is 9.02. The number of aromatic carboxylic acids is 1. The van der Waals surface area contributed by atoms with Gasteiger partial charge in [-0.15, -0.1) is 0 Å². The van der Waals surface area contributed by atoms with E-state index in [1.165, 1.54) is 13.2 Å². The zero-order chi connectivity index (χ0) is 21.5. The highest BCUT2D eigenvalue weighted by Gasteiger charge is 2.17. The molecule has 3 aromatic rings. The Morgan fingerprint density at radius 1 is 0.867 bits per heavy atom. The molecule has 0 aliphatic carbocycles. The Morgan fingerprint density at radius 3 is 2.17 bits per heavy atom. The van der Waals surface area contributed by atoms with Gasteiger partial charge in [0.1, 0.15) is 5.75 Å². The van der Waals surface area contributed by atoms with Gasteiger partial charge in [0, 0.05) is 17.3 Å². The van der Waals surface area contributed by atoms with Crippen LogP contribution in [-0.2, 0) is 9.53 Å². The third-order valence-corrected chi connectivity index (χ3v) is 4.30. The highest BCUT2D eigenvalue weighted by molar-refractivity contribution is 6.10. The molecule has 0 atom stereocenters. The predicted octanol–water partition coefficient (Wildman–Crippen LogP) is 3.86. The number of benzene rings is 3. The summed E-state index contributed by atoms with van der Waals surface area (Å²) >= 11 is 0. The lowest BCUT2D eigenvalue weighted by atomic mass is 9.95. The summed E-state index contributed by atoms with van der Waals surface area (Å²) in [6.45, 7) is -0.247. The molecule has 0 unspecified atom stereocenters. The Morgan fingerprint density at radius 2 is 1.50 bits per heavy atom. The average Bonchev–Trinajstić information content (AvgIpc) is 2.77. The zero-order valence-electron chi connectivity index (χ0n) is 16.1. The molecule has 30 heavy (non-hydrogen) atoms. The quantitative estimate of drug-likeness (QED) is 0.579. The first kappa shape index (κ1) is 20.6. The number of anilines is 1. The number of carbonyl (C=O) groups is 3. The van der Waals surface area contributed by atoms with Gasteiger partial charge in [0.15, 0.2) is 6.61 Å². The summed E-state index contributed by atoms with van der Waals surface area (Å²) in [6, 6.07) is 19.9. The number of hydrogen-bond donors (Lipinski definition) is 2. The minimum absolute atomic E-state index is 0.107. The van der Waals surface area contributed by atoms with Gasteiger partial charge in [0.2, 0.25) is 0 Å². The van der Waals surface area contributed by atoms with Gasteiger partial charge in [0.05, 0.1) is 12.7 Å². The molecule has 7 nitrogen and oxygen atoms in total. The predicted molar refractivity (Wildman–Crippen MR) is 111 cm³/mol. The van der Waals surface area contributed by atoms with E-state index in [0.717, 1.165) is 0 Å². The van der Waals surface area contributed by atoms with E-state index in [1.54, 1.807) is 66.7 Å². The molecule has 0 saturated heterocycles. The molecule has 7 heteroatoms. The number of rotatable bonds is 7. The minimum Gasteiger partial charge on any atom is -0.482 e. The number of esters is 1. The fourth-order valence-electron chi connectivity index (χ4n) is 2.88. The van der Waals surface area contributed by atoms with E-state index in [2.05, 4.69) is 10.1 Å². The van der Waals surface area contributed by atoms with E-state index in [4.69, 9.17) is 4.74 Å². The standard InChI is InChI=1S/C23H19NO6/c1-29-21(25)14-30-16-8-6-7-15(13-16)24-22(26)19-11-4-2-9-17(19)18-10-3-5-12-20(18)23(27)28/h2-13H,14H2,1H3,(H,24,26)(H,27,28). The monoisotopic (exact) mass is 405 g/mol. The summed E-state index contributed by atoms with van der Waals surface area (Å²) in [5, 5.41) is 12.3. The molecule has 0 spiro atoms. The normalized spacial score (nSPS) is 10.2. The van der Waals surface area contributed by atoms with Crippen LogP contribution in [-0.4, -0.2) is 36.7 Å². The van der Waals surface area contributed by atoms with Crippen molar-refractivity contribution in [3.63, 3.8) is 0 Å². The molecule has 0 saturated carbocycles. The number of carboxylic acid groups (broad SMARTS) is 1. The van der Waals surface area contributed by atoms with Gasteiger partial charge in [0.25, 0.3) is 5.91 Å². The van der Waals surface area contributed by atoms with E-state index in [9.17, 15) is 19.5 Å². The largest absolute Gasteiger partial charge is 0.482 e. The van der Waals surface area contributed by atoms with E-state index >= 15 is 0 Å². The van der Waals surface area contributed by atoms with Crippen molar-refractivity contribution in [1.29, 1.82) is 0 Å². The second kappa shape index (κ2) is 9.38.